The zero-order valence-corrected chi connectivity index (χ0v) is 43.9. The van der Waals surface area contributed by atoms with E-state index in [0.717, 1.165) is 5.69 Å². The zero-order valence-electron chi connectivity index (χ0n) is 43.9. The maximum Gasteiger partial charge on any atom is 0.0541 e. The lowest BCUT2D eigenvalue weighted by molar-refractivity contribution is 1.18. The fourth-order valence-electron chi connectivity index (χ4n) is 12.2. The Bertz CT molecular complexity index is 4770. The molecule has 0 amide bonds. The van der Waals surface area contributed by atoms with Gasteiger partial charge in [0.15, 0.2) is 0 Å². The van der Waals surface area contributed by atoms with Gasteiger partial charge in [0, 0.05) is 32.8 Å². The van der Waals surface area contributed by atoms with Crippen LogP contribution in [0.5, 0.6) is 0 Å². The third kappa shape index (κ3) is 8.39. The molecule has 2 heterocycles. The first kappa shape index (κ1) is 46.7. The fourth-order valence-corrected chi connectivity index (χ4v) is 12.2. The van der Waals surface area contributed by atoms with Crippen molar-refractivity contribution < 1.29 is 0 Å². The molecule has 0 saturated carbocycles. The molecule has 15 rings (SSSR count). The summed E-state index contributed by atoms with van der Waals surface area (Å²) in [6.45, 7) is 0. The number of hydrogen-bond donors (Lipinski definition) is 0. The second-order valence-corrected chi connectivity index (χ2v) is 20.9. The lowest BCUT2D eigenvalue weighted by atomic mass is 9.94. The van der Waals surface area contributed by atoms with E-state index >= 15 is 0 Å². The van der Waals surface area contributed by atoms with Crippen LogP contribution in [-0.2, 0) is 0 Å². The number of para-hydroxylation sites is 4. The number of benzene rings is 13. The van der Waals surface area contributed by atoms with Gasteiger partial charge in [-0.15, -0.1) is 0 Å². The molecule has 15 aromatic rings. The molecular formula is C78H52N2. The van der Waals surface area contributed by atoms with Crippen LogP contribution in [0.4, 0.5) is 0 Å². The van der Waals surface area contributed by atoms with Gasteiger partial charge in [-0.1, -0.05) is 243 Å². The van der Waals surface area contributed by atoms with Crippen molar-refractivity contribution in [3.8, 4) is 100 Å². The third-order valence-electron chi connectivity index (χ3n) is 16.2. The highest BCUT2D eigenvalue weighted by Gasteiger charge is 2.18. The van der Waals surface area contributed by atoms with Crippen LogP contribution >= 0.6 is 0 Å². The van der Waals surface area contributed by atoms with Crippen LogP contribution in [0.15, 0.2) is 315 Å². The molecular weight excluding hydrogens is 965 g/mol. The first-order valence-electron chi connectivity index (χ1n) is 27.5. The van der Waals surface area contributed by atoms with Crippen molar-refractivity contribution in [1.29, 1.82) is 0 Å². The Kier molecular flexibility index (Phi) is 11.6. The Labute approximate surface area is 466 Å². The summed E-state index contributed by atoms with van der Waals surface area (Å²) >= 11 is 0. The quantitative estimate of drug-likeness (QED) is 0.129. The van der Waals surface area contributed by atoms with E-state index in [-0.39, 0.29) is 0 Å². The van der Waals surface area contributed by atoms with Crippen molar-refractivity contribution in [3.05, 3.63) is 315 Å². The van der Waals surface area contributed by atoms with Crippen LogP contribution in [0.3, 0.4) is 0 Å². The van der Waals surface area contributed by atoms with E-state index in [4.69, 9.17) is 0 Å². The zero-order chi connectivity index (χ0) is 52.9. The molecule has 0 N–H and O–H groups in total. The van der Waals surface area contributed by atoms with Crippen molar-refractivity contribution in [2.45, 2.75) is 0 Å². The maximum absolute atomic E-state index is 2.45. The Morgan fingerprint density at radius 3 is 0.950 bits per heavy atom. The highest BCUT2D eigenvalue weighted by atomic mass is 15.0. The standard InChI is InChI=1S/C78H52N2/c1-3-16-53(17-4-1)60-18-13-19-61(48-60)57-36-38-58(39-37-57)63-21-15-23-65(50-63)64-22-14-20-62(49-64)56-34-32-54(33-35-56)55-40-42-59(43-41-55)69-26-7-10-29-74(69)80-76-31-12-9-28-71(76)73-52-67(45-47-78(73)80)66-44-46-77-72(51-66)70-27-8-11-30-75(70)79(77)68-24-5-2-6-25-68/h1-52H. The summed E-state index contributed by atoms with van der Waals surface area (Å²) in [6, 6.07) is 115. The summed E-state index contributed by atoms with van der Waals surface area (Å²) in [7, 11) is 0. The Morgan fingerprint density at radius 1 is 0.163 bits per heavy atom. The van der Waals surface area contributed by atoms with Gasteiger partial charge < -0.3 is 9.13 Å². The smallest absolute Gasteiger partial charge is 0.0541 e. The van der Waals surface area contributed by atoms with E-state index in [1.807, 2.05) is 0 Å². The topological polar surface area (TPSA) is 9.86 Å². The first-order valence-corrected chi connectivity index (χ1v) is 27.5. The van der Waals surface area contributed by atoms with Gasteiger partial charge in [0.2, 0.25) is 0 Å². The molecule has 0 fully saturated rings. The number of hydrogen-bond acceptors (Lipinski definition) is 0. The summed E-state index contributed by atoms with van der Waals surface area (Å²) < 4.78 is 4.83. The molecule has 0 unspecified atom stereocenters. The SMILES string of the molecule is c1ccc(-c2cccc(-c3ccc(-c4cccc(-c5cccc(-c6ccc(-c7ccc(-c8ccccc8-n8c9ccccc9c9cc(-c%10ccc%11c(c%10)c%10ccccc%10n%11-c%10ccccc%10)ccc98)cc7)cc6)c5)c4)cc3)c2)cc1. The highest BCUT2D eigenvalue weighted by molar-refractivity contribution is 6.13. The molecule has 0 aliphatic heterocycles. The summed E-state index contributed by atoms with van der Waals surface area (Å²) in [5.74, 6) is 0. The van der Waals surface area contributed by atoms with Crippen LogP contribution in [-0.4, -0.2) is 9.13 Å². The molecule has 2 heteroatoms. The van der Waals surface area contributed by atoms with E-state index in [9.17, 15) is 0 Å². The minimum Gasteiger partial charge on any atom is -0.309 e. The molecule has 0 aliphatic rings. The van der Waals surface area contributed by atoms with Gasteiger partial charge in [0.25, 0.3) is 0 Å². The van der Waals surface area contributed by atoms with Crippen LogP contribution in [0.2, 0.25) is 0 Å². The molecule has 0 atom stereocenters. The van der Waals surface area contributed by atoms with Crippen LogP contribution < -0.4 is 0 Å². The molecule has 0 aliphatic carbocycles. The average molecular weight is 1020 g/mol. The van der Waals surface area contributed by atoms with Gasteiger partial charge >= 0.3 is 0 Å². The van der Waals surface area contributed by atoms with E-state index in [1.54, 1.807) is 0 Å². The first-order chi connectivity index (χ1) is 39.6. The van der Waals surface area contributed by atoms with Gasteiger partial charge in [0.05, 0.1) is 27.8 Å². The predicted octanol–water partition coefficient (Wildman–Crippen LogP) is 21.2. The van der Waals surface area contributed by atoms with E-state index in [1.165, 1.54) is 138 Å². The fraction of sp³-hybridized carbons (Fsp3) is 0. The molecule has 0 spiro atoms. The van der Waals surface area contributed by atoms with Gasteiger partial charge in [0.1, 0.15) is 0 Å². The van der Waals surface area contributed by atoms with Crippen molar-refractivity contribution >= 4 is 43.6 Å². The lowest BCUT2D eigenvalue weighted by Gasteiger charge is -2.15. The van der Waals surface area contributed by atoms with E-state index in [2.05, 4.69) is 325 Å². The van der Waals surface area contributed by atoms with Crippen molar-refractivity contribution in [1.82, 2.24) is 9.13 Å². The third-order valence-corrected chi connectivity index (χ3v) is 16.2. The molecule has 2 aromatic heterocycles. The van der Waals surface area contributed by atoms with Crippen molar-refractivity contribution in [2.24, 2.45) is 0 Å². The molecule has 13 aromatic carbocycles. The van der Waals surface area contributed by atoms with Crippen LogP contribution in [0.1, 0.15) is 0 Å². The Hall–Kier alpha value is -10.5. The molecule has 2 nitrogen and oxygen atoms in total. The number of nitrogens with zero attached hydrogens (tertiary/aromatic N) is 2. The molecule has 0 bridgehead atoms. The second-order valence-electron chi connectivity index (χ2n) is 20.9. The van der Waals surface area contributed by atoms with E-state index in [0.29, 0.717) is 0 Å². The van der Waals surface area contributed by atoms with Gasteiger partial charge in [-0.25, -0.2) is 0 Å². The van der Waals surface area contributed by atoms with Crippen LogP contribution in [0, 0.1) is 0 Å². The summed E-state index contributed by atoms with van der Waals surface area (Å²) in [6.07, 6.45) is 0. The normalized spacial score (nSPS) is 11.5. The summed E-state index contributed by atoms with van der Waals surface area (Å²) in [5, 5.41) is 4.98. The maximum atomic E-state index is 2.45. The molecule has 80 heavy (non-hydrogen) atoms. The average Bonchev–Trinajstić information content (AvgIpc) is 4.08. The molecule has 0 saturated heterocycles. The Morgan fingerprint density at radius 2 is 0.463 bits per heavy atom. The molecule has 374 valence electrons. The number of fused-ring (bicyclic) bond motifs is 6. The predicted molar refractivity (Wildman–Crippen MR) is 339 cm³/mol. The minimum atomic E-state index is 1.16. The summed E-state index contributed by atoms with van der Waals surface area (Å²) in [4.78, 5) is 0. The molecule has 0 radical (unpaired) electrons. The summed E-state index contributed by atoms with van der Waals surface area (Å²) in [5.41, 5.74) is 26.3. The van der Waals surface area contributed by atoms with Gasteiger partial charge in [-0.05, 0) is 156 Å². The highest BCUT2D eigenvalue weighted by Crippen LogP contribution is 2.41. The van der Waals surface area contributed by atoms with Crippen molar-refractivity contribution in [2.75, 3.05) is 0 Å². The largest absolute Gasteiger partial charge is 0.309 e. The number of rotatable bonds is 10. The lowest BCUT2D eigenvalue weighted by Crippen LogP contribution is -1.97. The minimum absolute atomic E-state index is 1.16. The number of aromatic nitrogens is 2. The second kappa shape index (κ2) is 19.8. The van der Waals surface area contributed by atoms with Crippen molar-refractivity contribution in [3.63, 3.8) is 0 Å². The monoisotopic (exact) mass is 1020 g/mol. The van der Waals surface area contributed by atoms with Crippen LogP contribution in [0.25, 0.3) is 144 Å². The van der Waals surface area contributed by atoms with Gasteiger partial charge in [-0.3, -0.25) is 0 Å². The Balaban J connectivity index is 0.686. The van der Waals surface area contributed by atoms with Gasteiger partial charge in [-0.2, -0.15) is 0 Å². The van der Waals surface area contributed by atoms with E-state index < -0.39 is 0 Å².